The number of nitrogens with one attached hydrogen (secondary N) is 3. The summed E-state index contributed by atoms with van der Waals surface area (Å²) in [5, 5.41) is 4.50. The number of piperazine rings is 2. The second kappa shape index (κ2) is 22.8. The standard InChI is InChI=1S/C21H20ClN3O5.C12H15ClN2O2.C9H6ClNO3.CH4/c22-16-4-1-14(2-5-16)13-29-21(28)25-9-7-24(8-10-25)12-18(26)15-3-6-17-19(11-15)30-20(27)23-17;13-11-3-1-10(2-4-11)9-17-12(16)15-7-5-14-6-8-15;10-4-7(12)5-1-2-6-8(3-5)14-9(13)11-6;/h1-6,11H,7-10,12-13H2,(H,23,27);1-4,14H,5-9H2;1-3H,4H2,(H,11,13);1H4. The third-order valence-corrected chi connectivity index (χ3v) is 10.3. The van der Waals surface area contributed by atoms with Gasteiger partial charge in [-0.15, -0.1) is 11.6 Å². The van der Waals surface area contributed by atoms with E-state index < -0.39 is 11.5 Å². The Kier molecular flexibility index (Phi) is 17.3. The Balaban J connectivity index is 0.000000192. The molecule has 3 N–H and O–H groups in total. The van der Waals surface area contributed by atoms with Gasteiger partial charge >= 0.3 is 23.7 Å². The molecule has 4 aromatic carbocycles. The number of benzene rings is 4. The van der Waals surface area contributed by atoms with Crippen LogP contribution in [0.25, 0.3) is 22.2 Å². The highest BCUT2D eigenvalue weighted by molar-refractivity contribution is 6.31. The Morgan fingerprint density at radius 3 is 1.48 bits per heavy atom. The van der Waals surface area contributed by atoms with Gasteiger partial charge in [0.1, 0.15) is 13.2 Å². The Hall–Kier alpha value is -5.91. The molecule has 2 aliphatic heterocycles. The summed E-state index contributed by atoms with van der Waals surface area (Å²) in [6.45, 7) is 5.90. The number of aromatic amines is 2. The second-order valence-corrected chi connectivity index (χ2v) is 14.9. The summed E-state index contributed by atoms with van der Waals surface area (Å²) in [6, 6.07) is 24.0. The first-order valence-corrected chi connectivity index (χ1v) is 20.4. The zero-order valence-corrected chi connectivity index (χ0v) is 34.9. The summed E-state index contributed by atoms with van der Waals surface area (Å²) in [4.78, 5) is 80.2. The van der Waals surface area contributed by atoms with E-state index >= 15 is 0 Å². The molecule has 0 spiro atoms. The Labute approximate surface area is 370 Å². The summed E-state index contributed by atoms with van der Waals surface area (Å²) in [6.07, 6.45) is -0.620. The third kappa shape index (κ3) is 13.5. The molecule has 8 rings (SSSR count). The number of carbonyl (C=O) groups excluding carboxylic acids is 4. The van der Waals surface area contributed by atoms with E-state index in [2.05, 4.69) is 15.3 Å². The highest BCUT2D eigenvalue weighted by atomic mass is 35.5. The lowest BCUT2D eigenvalue weighted by molar-refractivity contribution is 0.0678. The summed E-state index contributed by atoms with van der Waals surface area (Å²) < 4.78 is 20.4. The van der Waals surface area contributed by atoms with E-state index in [1.165, 1.54) is 6.07 Å². The fourth-order valence-electron chi connectivity index (χ4n) is 6.18. The number of aromatic nitrogens is 2. The van der Waals surface area contributed by atoms with E-state index in [1.807, 2.05) is 29.2 Å². The van der Waals surface area contributed by atoms with Crippen molar-refractivity contribution in [1.82, 2.24) is 30.0 Å². The number of ether oxygens (including phenoxy) is 2. The van der Waals surface area contributed by atoms with Gasteiger partial charge in [0, 0.05) is 73.5 Å². The lowest BCUT2D eigenvalue weighted by Crippen LogP contribution is -2.50. The molecular weight excluding hydrogens is 867 g/mol. The van der Waals surface area contributed by atoms with Gasteiger partial charge in [0.15, 0.2) is 22.7 Å². The summed E-state index contributed by atoms with van der Waals surface area (Å²) in [7, 11) is 0. The number of H-pyrrole nitrogens is 2. The van der Waals surface area contributed by atoms with Crippen LogP contribution in [0.2, 0.25) is 10.0 Å². The van der Waals surface area contributed by atoms with Crippen molar-refractivity contribution in [2.24, 2.45) is 0 Å². The molecule has 0 saturated carbocycles. The second-order valence-electron chi connectivity index (χ2n) is 13.8. The van der Waals surface area contributed by atoms with Crippen LogP contribution in [0.4, 0.5) is 9.59 Å². The van der Waals surface area contributed by atoms with Crippen LogP contribution in [0.3, 0.4) is 0 Å². The van der Waals surface area contributed by atoms with Crippen molar-refractivity contribution in [2.45, 2.75) is 20.6 Å². The van der Waals surface area contributed by atoms with Gasteiger partial charge < -0.3 is 33.4 Å². The van der Waals surface area contributed by atoms with Gasteiger partial charge in [0.05, 0.1) is 23.5 Å². The lowest BCUT2D eigenvalue weighted by atomic mass is 10.1. The minimum atomic E-state index is -0.548. The van der Waals surface area contributed by atoms with Gasteiger partial charge in [-0.25, -0.2) is 19.2 Å². The average molecular weight is 912 g/mol. The molecule has 0 radical (unpaired) electrons. The molecular formula is C43H45Cl3N6O10. The molecule has 2 saturated heterocycles. The maximum Gasteiger partial charge on any atom is 0.417 e. The van der Waals surface area contributed by atoms with Gasteiger partial charge in [-0.05, 0) is 71.8 Å². The molecule has 6 aromatic rings. The number of Topliss-reactive ketones (excluding diaryl/α,β-unsaturated/α-hetero) is 2. The van der Waals surface area contributed by atoms with Crippen molar-refractivity contribution in [2.75, 3.05) is 64.8 Å². The normalized spacial score (nSPS) is 13.9. The summed E-state index contributed by atoms with van der Waals surface area (Å²) >= 11 is 17.0. The molecule has 0 unspecified atom stereocenters. The number of halogens is 3. The zero-order chi connectivity index (χ0) is 43.3. The van der Waals surface area contributed by atoms with Crippen LogP contribution >= 0.6 is 34.8 Å². The highest BCUT2D eigenvalue weighted by Gasteiger charge is 2.24. The molecule has 4 heterocycles. The molecule has 0 bridgehead atoms. The van der Waals surface area contributed by atoms with Crippen molar-refractivity contribution >= 4 is 80.8 Å². The van der Waals surface area contributed by atoms with Crippen molar-refractivity contribution in [1.29, 1.82) is 0 Å². The molecule has 0 aliphatic carbocycles. The number of oxazole rings is 2. The largest absolute Gasteiger partial charge is 0.445 e. The van der Waals surface area contributed by atoms with Crippen LogP contribution in [0.1, 0.15) is 39.3 Å². The van der Waals surface area contributed by atoms with Gasteiger partial charge in [-0.2, -0.15) is 0 Å². The van der Waals surface area contributed by atoms with Crippen molar-refractivity contribution < 1.29 is 37.5 Å². The van der Waals surface area contributed by atoms with E-state index in [-0.39, 0.29) is 50.2 Å². The highest BCUT2D eigenvalue weighted by Crippen LogP contribution is 2.16. The molecule has 0 atom stereocenters. The van der Waals surface area contributed by atoms with Crippen molar-refractivity contribution in [3.8, 4) is 0 Å². The van der Waals surface area contributed by atoms with E-state index in [4.69, 9.17) is 53.1 Å². The van der Waals surface area contributed by atoms with Gasteiger partial charge in [-0.1, -0.05) is 54.9 Å². The third-order valence-electron chi connectivity index (χ3n) is 9.53. The van der Waals surface area contributed by atoms with Crippen molar-refractivity contribution in [3.63, 3.8) is 0 Å². The first-order chi connectivity index (χ1) is 29.4. The lowest BCUT2D eigenvalue weighted by Gasteiger charge is -2.33. The minimum absolute atomic E-state index is 0. The van der Waals surface area contributed by atoms with Gasteiger partial charge in [-0.3, -0.25) is 24.5 Å². The Morgan fingerprint density at radius 2 is 1.03 bits per heavy atom. The molecule has 2 aliphatic rings. The number of hydrogen-bond acceptors (Lipinski definition) is 12. The fourth-order valence-corrected chi connectivity index (χ4v) is 6.59. The van der Waals surface area contributed by atoms with Gasteiger partial charge in [0.25, 0.3) is 0 Å². The molecule has 16 nitrogen and oxygen atoms in total. The van der Waals surface area contributed by atoms with Crippen LogP contribution in [0.15, 0.2) is 103 Å². The van der Waals surface area contributed by atoms with Gasteiger partial charge in [0.2, 0.25) is 0 Å². The number of hydrogen-bond donors (Lipinski definition) is 3. The first-order valence-electron chi connectivity index (χ1n) is 19.1. The Morgan fingerprint density at radius 1 is 0.597 bits per heavy atom. The van der Waals surface area contributed by atoms with Crippen LogP contribution in [0.5, 0.6) is 0 Å². The van der Waals surface area contributed by atoms with Crippen LogP contribution in [0, 0.1) is 0 Å². The number of nitrogens with zero attached hydrogens (tertiary/aromatic N) is 3. The van der Waals surface area contributed by atoms with Crippen LogP contribution in [-0.2, 0) is 22.7 Å². The number of amides is 2. The van der Waals surface area contributed by atoms with Crippen LogP contribution in [-0.4, -0.2) is 113 Å². The van der Waals surface area contributed by atoms with E-state index in [9.17, 15) is 28.8 Å². The summed E-state index contributed by atoms with van der Waals surface area (Å²) in [5.41, 5.74) is 4.59. The maximum absolute atomic E-state index is 12.6. The minimum Gasteiger partial charge on any atom is -0.445 e. The maximum atomic E-state index is 12.6. The molecule has 328 valence electrons. The average Bonchev–Trinajstić information content (AvgIpc) is 3.86. The number of fused-ring (bicyclic) bond motifs is 2. The first kappa shape index (κ1) is 47.1. The molecule has 19 heteroatoms. The predicted octanol–water partition coefficient (Wildman–Crippen LogP) is 6.97. The zero-order valence-electron chi connectivity index (χ0n) is 32.6. The number of ketones is 2. The topological polar surface area (TPSA) is 200 Å². The molecule has 2 amide bonds. The molecule has 62 heavy (non-hydrogen) atoms. The van der Waals surface area contributed by atoms with E-state index in [0.717, 1.165) is 24.2 Å². The van der Waals surface area contributed by atoms with E-state index in [1.54, 1.807) is 64.4 Å². The fraction of sp³-hybridized carbons (Fsp3) is 0.302. The molecule has 2 aromatic heterocycles. The Bertz CT molecular complexity index is 2560. The number of rotatable bonds is 9. The van der Waals surface area contributed by atoms with E-state index in [0.29, 0.717) is 89.2 Å². The SMILES string of the molecule is C.O=C(CCl)c1ccc2[nH]c(=O)oc2c1.O=C(CN1CCN(C(=O)OCc2ccc(Cl)cc2)CC1)c1ccc2[nH]c(=O)oc2c1.O=C(OCc1ccc(Cl)cc1)N1CCNCC1. The summed E-state index contributed by atoms with van der Waals surface area (Å²) in [5.74, 6) is -1.43. The number of carbonyl (C=O) groups is 4. The quantitative estimate of drug-likeness (QED) is 0.0996. The smallest absolute Gasteiger partial charge is 0.417 e. The monoisotopic (exact) mass is 910 g/mol. The molecule has 2 fully saturated rings. The number of alkyl halides is 1. The van der Waals surface area contributed by atoms with Crippen LogP contribution < -0.4 is 16.8 Å². The predicted molar refractivity (Wildman–Crippen MR) is 236 cm³/mol. The van der Waals surface area contributed by atoms with Crippen molar-refractivity contribution in [3.05, 3.63) is 138 Å².